The maximum Gasteiger partial charge on any atom is 0.253 e. The van der Waals surface area contributed by atoms with Gasteiger partial charge in [0.05, 0.1) is 0 Å². The molecule has 0 radical (unpaired) electrons. The Morgan fingerprint density at radius 3 is 2.33 bits per heavy atom. The number of hydrogen-bond acceptors (Lipinski definition) is 3. The second kappa shape index (κ2) is 8.44. The van der Waals surface area contributed by atoms with Crippen molar-refractivity contribution in [2.24, 2.45) is 0 Å². The van der Waals surface area contributed by atoms with Crippen LogP contribution in [0.4, 0.5) is 4.39 Å². The predicted octanol–water partition coefficient (Wildman–Crippen LogP) is 3.86. The second-order valence-electron chi connectivity index (χ2n) is 6.91. The Kier molecular flexibility index (Phi) is 6.01. The number of nitrogens with zero attached hydrogens (tertiary/aromatic N) is 2. The van der Waals surface area contributed by atoms with Crippen molar-refractivity contribution in [3.63, 3.8) is 0 Å². The van der Waals surface area contributed by atoms with Gasteiger partial charge in [0.2, 0.25) is 0 Å². The third kappa shape index (κ3) is 4.42. The van der Waals surface area contributed by atoms with Gasteiger partial charge < -0.3 is 9.80 Å². The first-order valence-corrected chi connectivity index (χ1v) is 9.42. The Bertz CT molecular complexity index is 833. The van der Waals surface area contributed by atoms with E-state index in [0.717, 1.165) is 39.1 Å². The summed E-state index contributed by atoms with van der Waals surface area (Å²) in [5, 5.41) is 0. The van der Waals surface area contributed by atoms with Gasteiger partial charge in [-0.3, -0.25) is 9.59 Å². The Labute approximate surface area is 159 Å². The van der Waals surface area contributed by atoms with Crippen LogP contribution in [0.15, 0.2) is 42.5 Å². The molecule has 1 aliphatic rings. The molecule has 3 rings (SSSR count). The fraction of sp³-hybridized carbons (Fsp3) is 0.364. The summed E-state index contributed by atoms with van der Waals surface area (Å²) in [4.78, 5) is 28.6. The van der Waals surface area contributed by atoms with Crippen LogP contribution in [0, 0.1) is 5.82 Å². The van der Waals surface area contributed by atoms with Crippen LogP contribution in [0.3, 0.4) is 0 Å². The Balaban J connectivity index is 1.78. The Morgan fingerprint density at radius 2 is 1.67 bits per heavy atom. The monoisotopic (exact) mass is 368 g/mol. The number of halogens is 1. The summed E-state index contributed by atoms with van der Waals surface area (Å²) >= 11 is 0. The van der Waals surface area contributed by atoms with Crippen LogP contribution < -0.4 is 0 Å². The third-order valence-corrected chi connectivity index (χ3v) is 5.14. The first-order valence-electron chi connectivity index (χ1n) is 9.42. The van der Waals surface area contributed by atoms with Gasteiger partial charge in [0.25, 0.3) is 5.91 Å². The van der Waals surface area contributed by atoms with E-state index < -0.39 is 0 Å². The third-order valence-electron chi connectivity index (χ3n) is 5.14. The number of amides is 1. The topological polar surface area (TPSA) is 40.6 Å². The number of benzene rings is 2. The Hall–Kier alpha value is -2.53. The largest absolute Gasteiger partial charge is 0.337 e. The quantitative estimate of drug-likeness (QED) is 0.770. The van der Waals surface area contributed by atoms with E-state index in [-0.39, 0.29) is 17.5 Å². The minimum atomic E-state index is -0.383. The zero-order valence-corrected chi connectivity index (χ0v) is 15.9. The zero-order valence-electron chi connectivity index (χ0n) is 15.9. The molecular weight excluding hydrogens is 343 g/mol. The molecule has 142 valence electrons. The summed E-state index contributed by atoms with van der Waals surface area (Å²) in [6.45, 7) is 7.99. The van der Waals surface area contributed by atoms with Gasteiger partial charge in [-0.25, -0.2) is 4.39 Å². The molecule has 2 aromatic carbocycles. The minimum Gasteiger partial charge on any atom is -0.337 e. The highest BCUT2D eigenvalue weighted by Crippen LogP contribution is 2.25. The lowest BCUT2D eigenvalue weighted by Gasteiger charge is -2.21. The summed E-state index contributed by atoms with van der Waals surface area (Å²) in [5.74, 6) is -0.478. The van der Waals surface area contributed by atoms with Gasteiger partial charge >= 0.3 is 0 Å². The van der Waals surface area contributed by atoms with Crippen molar-refractivity contribution in [1.29, 1.82) is 0 Å². The van der Waals surface area contributed by atoms with Gasteiger partial charge in [0, 0.05) is 36.3 Å². The standard InChI is InChI=1S/C22H25FN2O2/c1-3-24-11-4-12-25(14-13-24)22(27)18-7-5-17(6-8-18)20-15-19(16(2)26)9-10-21(20)23/h5-10,15H,3-4,11-14H2,1-2H3. The Morgan fingerprint density at radius 1 is 0.963 bits per heavy atom. The van der Waals surface area contributed by atoms with E-state index in [4.69, 9.17) is 0 Å². The van der Waals surface area contributed by atoms with Crippen molar-refractivity contribution >= 4 is 11.7 Å². The minimum absolute atomic E-state index is 0.0115. The summed E-state index contributed by atoms with van der Waals surface area (Å²) in [6, 6.07) is 11.3. The molecule has 0 bridgehead atoms. The van der Waals surface area contributed by atoms with Crippen LogP contribution in [0.5, 0.6) is 0 Å². The summed E-state index contributed by atoms with van der Waals surface area (Å²) in [7, 11) is 0. The average Bonchev–Trinajstić information content (AvgIpc) is 2.93. The van der Waals surface area contributed by atoms with E-state index >= 15 is 0 Å². The lowest BCUT2D eigenvalue weighted by Crippen LogP contribution is -2.35. The zero-order chi connectivity index (χ0) is 19.4. The summed E-state index contributed by atoms with van der Waals surface area (Å²) in [6.07, 6.45) is 0.973. The molecule has 2 aromatic rings. The number of likely N-dealkylation sites (N-methyl/N-ethyl adjacent to an activating group) is 1. The van der Waals surface area contributed by atoms with Gasteiger partial charge in [-0.05, 0) is 62.3 Å². The molecular formula is C22H25FN2O2. The van der Waals surface area contributed by atoms with Gasteiger partial charge in [0.1, 0.15) is 5.82 Å². The molecule has 27 heavy (non-hydrogen) atoms. The fourth-order valence-electron chi connectivity index (χ4n) is 3.43. The molecule has 0 atom stereocenters. The number of ketones is 1. The highest BCUT2D eigenvalue weighted by Gasteiger charge is 2.20. The predicted molar refractivity (Wildman–Crippen MR) is 104 cm³/mol. The van der Waals surface area contributed by atoms with Crippen LogP contribution in [-0.4, -0.2) is 54.2 Å². The highest BCUT2D eigenvalue weighted by molar-refractivity contribution is 5.96. The van der Waals surface area contributed by atoms with E-state index in [0.29, 0.717) is 22.3 Å². The van der Waals surface area contributed by atoms with Crippen molar-refractivity contribution in [2.75, 3.05) is 32.7 Å². The van der Waals surface area contributed by atoms with E-state index in [1.807, 2.05) is 4.90 Å². The molecule has 0 saturated carbocycles. The van der Waals surface area contributed by atoms with Crippen molar-refractivity contribution in [2.45, 2.75) is 20.3 Å². The van der Waals surface area contributed by atoms with E-state index in [9.17, 15) is 14.0 Å². The van der Waals surface area contributed by atoms with Crippen molar-refractivity contribution in [3.8, 4) is 11.1 Å². The number of hydrogen-bond donors (Lipinski definition) is 0. The molecule has 0 aliphatic carbocycles. The van der Waals surface area contributed by atoms with E-state index in [2.05, 4.69) is 11.8 Å². The highest BCUT2D eigenvalue weighted by atomic mass is 19.1. The molecule has 0 aromatic heterocycles. The molecule has 0 spiro atoms. The van der Waals surface area contributed by atoms with Gasteiger partial charge in [-0.1, -0.05) is 19.1 Å². The van der Waals surface area contributed by atoms with Crippen LogP contribution in [0.2, 0.25) is 0 Å². The maximum atomic E-state index is 14.2. The fourth-order valence-corrected chi connectivity index (χ4v) is 3.43. The molecule has 1 amide bonds. The van der Waals surface area contributed by atoms with Crippen molar-refractivity contribution in [1.82, 2.24) is 9.80 Å². The average molecular weight is 368 g/mol. The maximum absolute atomic E-state index is 14.2. The lowest BCUT2D eigenvalue weighted by molar-refractivity contribution is 0.0761. The smallest absolute Gasteiger partial charge is 0.253 e. The SMILES string of the molecule is CCN1CCCN(C(=O)c2ccc(-c3cc(C(C)=O)ccc3F)cc2)CC1. The lowest BCUT2D eigenvalue weighted by atomic mass is 9.99. The van der Waals surface area contributed by atoms with Crippen LogP contribution in [0.1, 0.15) is 41.0 Å². The number of carbonyl (C=O) groups excluding carboxylic acids is 2. The first kappa shape index (κ1) is 19.2. The van der Waals surface area contributed by atoms with Gasteiger partial charge in [-0.15, -0.1) is 0 Å². The number of carbonyl (C=O) groups is 2. The van der Waals surface area contributed by atoms with Crippen molar-refractivity contribution in [3.05, 3.63) is 59.4 Å². The van der Waals surface area contributed by atoms with Crippen molar-refractivity contribution < 1.29 is 14.0 Å². The van der Waals surface area contributed by atoms with E-state index in [1.165, 1.54) is 19.1 Å². The molecule has 1 saturated heterocycles. The molecule has 1 fully saturated rings. The normalized spacial score (nSPS) is 15.4. The van der Waals surface area contributed by atoms with Crippen LogP contribution in [0.25, 0.3) is 11.1 Å². The summed E-state index contributed by atoms with van der Waals surface area (Å²) < 4.78 is 14.2. The molecule has 0 unspecified atom stereocenters. The first-order chi connectivity index (χ1) is 13.0. The van der Waals surface area contributed by atoms with E-state index in [1.54, 1.807) is 30.3 Å². The van der Waals surface area contributed by atoms with Crippen LogP contribution >= 0.6 is 0 Å². The molecule has 1 heterocycles. The molecule has 5 heteroatoms. The number of rotatable bonds is 4. The second-order valence-corrected chi connectivity index (χ2v) is 6.91. The van der Waals surface area contributed by atoms with Gasteiger partial charge in [0.15, 0.2) is 5.78 Å². The number of Topliss-reactive ketones (excluding diaryl/α,β-unsaturated/α-hetero) is 1. The molecule has 1 aliphatic heterocycles. The van der Waals surface area contributed by atoms with Gasteiger partial charge in [-0.2, -0.15) is 0 Å². The molecule has 4 nitrogen and oxygen atoms in total. The summed E-state index contributed by atoms with van der Waals surface area (Å²) in [5.41, 5.74) is 2.10. The van der Waals surface area contributed by atoms with Crippen LogP contribution in [-0.2, 0) is 0 Å². The molecule has 0 N–H and O–H groups in total.